The molecule has 0 atom stereocenters. The van der Waals surface area contributed by atoms with Crippen LogP contribution in [0.2, 0.25) is 0 Å². The van der Waals surface area contributed by atoms with Gasteiger partial charge in [0, 0.05) is 19.0 Å². The first-order valence-electron chi connectivity index (χ1n) is 12.9. The van der Waals surface area contributed by atoms with E-state index in [-0.39, 0.29) is 46.6 Å². The second-order valence-corrected chi connectivity index (χ2v) is 8.80. The SMILES string of the molecule is O=C(O)CCCCCCCCCCCCCCCCCCCC(=O)OC1=CC=CC=CN1.[Ca+2].[H-].[H-]. The smallest absolute Gasteiger partial charge is 1.00 e. The molecule has 1 heterocycles. The number of rotatable bonds is 21. The van der Waals surface area contributed by atoms with Gasteiger partial charge in [0.05, 0.1) is 0 Å². The fourth-order valence-electron chi connectivity index (χ4n) is 3.88. The fraction of sp³-hybridized carbons (Fsp3) is 0.704. The molecule has 0 unspecified atom stereocenters. The van der Waals surface area contributed by atoms with E-state index in [1.807, 2.05) is 18.2 Å². The minimum Gasteiger partial charge on any atom is -1.00 e. The van der Waals surface area contributed by atoms with Crippen LogP contribution in [0.4, 0.5) is 0 Å². The molecule has 1 aliphatic heterocycles. The van der Waals surface area contributed by atoms with Crippen LogP contribution in [-0.4, -0.2) is 54.8 Å². The Labute approximate surface area is 234 Å². The summed E-state index contributed by atoms with van der Waals surface area (Å²) in [5, 5.41) is 11.5. The Morgan fingerprint density at radius 3 is 1.55 bits per heavy atom. The van der Waals surface area contributed by atoms with E-state index < -0.39 is 5.97 Å². The zero-order valence-corrected chi connectivity index (χ0v) is 22.9. The minimum atomic E-state index is -0.670. The summed E-state index contributed by atoms with van der Waals surface area (Å²) in [6.07, 6.45) is 30.7. The van der Waals surface area contributed by atoms with Crippen LogP contribution >= 0.6 is 0 Å². The van der Waals surface area contributed by atoms with Gasteiger partial charge in [0.1, 0.15) is 0 Å². The van der Waals surface area contributed by atoms with Crippen molar-refractivity contribution in [2.24, 2.45) is 0 Å². The Kier molecular flexibility index (Phi) is 23.8. The Morgan fingerprint density at radius 2 is 1.09 bits per heavy atom. The molecule has 33 heavy (non-hydrogen) atoms. The summed E-state index contributed by atoms with van der Waals surface area (Å²) in [6.45, 7) is 0. The van der Waals surface area contributed by atoms with Crippen molar-refractivity contribution < 1.29 is 22.3 Å². The molecule has 0 amide bonds. The Hall–Kier alpha value is -0.780. The van der Waals surface area contributed by atoms with E-state index in [0.29, 0.717) is 18.7 Å². The van der Waals surface area contributed by atoms with Gasteiger partial charge in [0.15, 0.2) is 0 Å². The molecular weight excluding hydrogens is 442 g/mol. The maximum Gasteiger partial charge on any atom is 2.00 e. The predicted molar refractivity (Wildman–Crippen MR) is 139 cm³/mol. The molecule has 0 saturated carbocycles. The third-order valence-electron chi connectivity index (χ3n) is 5.79. The number of esters is 1. The molecule has 0 aromatic heterocycles. The molecule has 1 aliphatic rings. The van der Waals surface area contributed by atoms with Crippen molar-refractivity contribution in [1.29, 1.82) is 0 Å². The Balaban J connectivity index is -0.00000341. The average Bonchev–Trinajstić information content (AvgIpc) is 3.03. The zero-order chi connectivity index (χ0) is 23.1. The summed E-state index contributed by atoms with van der Waals surface area (Å²) < 4.78 is 5.30. The summed E-state index contributed by atoms with van der Waals surface area (Å²) in [4.78, 5) is 22.3. The number of aliphatic carboxylic acids is 1. The van der Waals surface area contributed by atoms with Crippen LogP contribution in [0.1, 0.15) is 125 Å². The summed E-state index contributed by atoms with van der Waals surface area (Å²) in [5.41, 5.74) is 0. The molecule has 0 aliphatic carbocycles. The number of nitrogens with one attached hydrogen (secondary N) is 1. The summed E-state index contributed by atoms with van der Waals surface area (Å²) in [7, 11) is 0. The number of carboxylic acid groups (broad SMARTS) is 1. The molecule has 0 bridgehead atoms. The average molecular weight is 490 g/mol. The molecule has 0 fully saturated rings. The van der Waals surface area contributed by atoms with E-state index in [0.717, 1.165) is 25.7 Å². The van der Waals surface area contributed by atoms with Gasteiger partial charge < -0.3 is 18.0 Å². The van der Waals surface area contributed by atoms with Crippen LogP contribution in [0.3, 0.4) is 0 Å². The van der Waals surface area contributed by atoms with Crippen LogP contribution in [0.15, 0.2) is 36.4 Å². The van der Waals surface area contributed by atoms with E-state index in [1.165, 1.54) is 83.5 Å². The van der Waals surface area contributed by atoms with E-state index in [9.17, 15) is 9.59 Å². The third-order valence-corrected chi connectivity index (χ3v) is 5.79. The van der Waals surface area contributed by atoms with Crippen molar-refractivity contribution in [3.63, 3.8) is 0 Å². The molecule has 6 heteroatoms. The van der Waals surface area contributed by atoms with Gasteiger partial charge in [-0.3, -0.25) is 9.59 Å². The molecule has 5 nitrogen and oxygen atoms in total. The van der Waals surface area contributed by atoms with Crippen molar-refractivity contribution in [1.82, 2.24) is 5.32 Å². The van der Waals surface area contributed by atoms with Crippen LogP contribution in [0.5, 0.6) is 0 Å². The summed E-state index contributed by atoms with van der Waals surface area (Å²) >= 11 is 0. The van der Waals surface area contributed by atoms with Crippen molar-refractivity contribution in [3.05, 3.63) is 36.4 Å². The normalized spacial score (nSPS) is 12.4. The second kappa shape index (κ2) is 24.3. The van der Waals surface area contributed by atoms with Crippen molar-refractivity contribution in [2.45, 2.75) is 122 Å². The standard InChI is InChI=1S/C27H45NO4.Ca.2H/c29-26(30)22-18-14-12-10-8-6-4-2-1-3-5-7-9-11-13-15-19-23-27(31)32-25-21-17-16-20-24-28-25;;;/h16-17,20-21,24,28H,1-15,18-19,22-23H2,(H,29,30);;;/q;+2;2*-1. The maximum atomic E-state index is 11.8. The topological polar surface area (TPSA) is 75.6 Å². The van der Waals surface area contributed by atoms with E-state index in [4.69, 9.17) is 9.84 Å². The van der Waals surface area contributed by atoms with Crippen LogP contribution in [0.25, 0.3) is 0 Å². The van der Waals surface area contributed by atoms with Gasteiger partial charge in [-0.1, -0.05) is 108 Å². The van der Waals surface area contributed by atoms with Gasteiger partial charge in [0.2, 0.25) is 5.88 Å². The molecule has 0 radical (unpaired) electrons. The van der Waals surface area contributed by atoms with Crippen molar-refractivity contribution >= 4 is 49.7 Å². The zero-order valence-electron chi connectivity index (χ0n) is 22.7. The monoisotopic (exact) mass is 489 g/mol. The molecule has 186 valence electrons. The first-order chi connectivity index (χ1) is 15.7. The third kappa shape index (κ3) is 22.8. The number of carbonyl (C=O) groups excluding carboxylic acids is 1. The number of carbonyl (C=O) groups is 2. The molecular formula is C27H47CaNO4. The number of hydrogen-bond acceptors (Lipinski definition) is 4. The number of unbranched alkanes of at least 4 members (excludes halogenated alkanes) is 16. The maximum absolute atomic E-state index is 11.8. The van der Waals surface area contributed by atoms with Gasteiger partial charge >= 0.3 is 49.7 Å². The number of carboxylic acids is 1. The van der Waals surface area contributed by atoms with Crippen molar-refractivity contribution in [3.8, 4) is 0 Å². The van der Waals surface area contributed by atoms with Crippen molar-refractivity contribution in [2.75, 3.05) is 0 Å². The van der Waals surface area contributed by atoms with Crippen LogP contribution in [0, 0.1) is 0 Å². The number of ether oxygens (including phenoxy) is 1. The van der Waals surface area contributed by atoms with Gasteiger partial charge in [0.25, 0.3) is 0 Å². The number of hydrogen-bond donors (Lipinski definition) is 2. The molecule has 0 spiro atoms. The predicted octanol–water partition coefficient (Wildman–Crippen LogP) is 7.38. The quantitative estimate of drug-likeness (QED) is 0.0999. The van der Waals surface area contributed by atoms with Crippen LogP contribution < -0.4 is 5.32 Å². The van der Waals surface area contributed by atoms with E-state index in [1.54, 1.807) is 12.3 Å². The Bertz CT molecular complexity index is 598. The molecule has 0 aromatic rings. The van der Waals surface area contributed by atoms with E-state index in [2.05, 4.69) is 5.32 Å². The van der Waals surface area contributed by atoms with Crippen LogP contribution in [-0.2, 0) is 14.3 Å². The van der Waals surface area contributed by atoms with Gasteiger partial charge in [-0.15, -0.1) is 0 Å². The van der Waals surface area contributed by atoms with Gasteiger partial charge in [-0.2, -0.15) is 0 Å². The molecule has 0 saturated heterocycles. The molecule has 1 rings (SSSR count). The summed E-state index contributed by atoms with van der Waals surface area (Å²) in [5.74, 6) is -0.343. The van der Waals surface area contributed by atoms with Gasteiger partial charge in [-0.05, 0) is 25.0 Å². The van der Waals surface area contributed by atoms with E-state index >= 15 is 0 Å². The first kappa shape index (κ1) is 32.2. The summed E-state index contributed by atoms with van der Waals surface area (Å²) in [6, 6.07) is 0. The fourth-order valence-corrected chi connectivity index (χ4v) is 3.88. The molecule has 2 N–H and O–H groups in total. The molecule has 0 aromatic carbocycles. The second-order valence-electron chi connectivity index (χ2n) is 8.80. The Morgan fingerprint density at radius 1 is 0.667 bits per heavy atom. The number of allylic oxidation sites excluding steroid dienone is 4. The van der Waals surface area contributed by atoms with Gasteiger partial charge in [-0.25, -0.2) is 0 Å². The first-order valence-corrected chi connectivity index (χ1v) is 12.9. The minimum absolute atomic E-state index is 0. The largest absolute Gasteiger partial charge is 2.00 e.